The summed E-state index contributed by atoms with van der Waals surface area (Å²) in [5.41, 5.74) is 2.12. The van der Waals surface area contributed by atoms with Crippen LogP contribution < -0.4 is 14.8 Å². The lowest BCUT2D eigenvalue weighted by Crippen LogP contribution is -2.48. The van der Waals surface area contributed by atoms with Crippen LogP contribution in [0.4, 0.5) is 5.69 Å². The lowest BCUT2D eigenvalue weighted by atomic mass is 9.63. The van der Waals surface area contributed by atoms with Crippen molar-refractivity contribution in [3.05, 3.63) is 51.8 Å². The van der Waals surface area contributed by atoms with Crippen molar-refractivity contribution >= 4 is 45.8 Å². The summed E-state index contributed by atoms with van der Waals surface area (Å²) in [6, 6.07) is 8.75. The average Bonchev–Trinajstić information content (AvgIpc) is 3.29. The Balaban J connectivity index is 1.53. The van der Waals surface area contributed by atoms with Crippen molar-refractivity contribution in [1.82, 2.24) is 9.97 Å². The first-order valence-electron chi connectivity index (χ1n) is 10.6. The number of anilines is 1. The van der Waals surface area contributed by atoms with E-state index in [9.17, 15) is 4.79 Å². The molecule has 2 atom stereocenters. The number of benzene rings is 2. The largest absolute Gasteiger partial charge is 0.454 e. The van der Waals surface area contributed by atoms with Crippen LogP contribution in [0.3, 0.4) is 0 Å². The molecule has 1 saturated carbocycles. The third-order valence-corrected chi connectivity index (χ3v) is 8.48. The maximum atomic E-state index is 14.0. The molecule has 1 fully saturated rings. The summed E-state index contributed by atoms with van der Waals surface area (Å²) >= 11 is 12.3. The Morgan fingerprint density at radius 3 is 2.12 bits per heavy atom. The van der Waals surface area contributed by atoms with Gasteiger partial charge in [0.2, 0.25) is 12.7 Å². The predicted molar refractivity (Wildman–Crippen MR) is 123 cm³/mol. The molecule has 3 aliphatic rings. The summed E-state index contributed by atoms with van der Waals surface area (Å²) in [6.45, 7) is 6.66. The molecule has 2 aromatic carbocycles. The number of hydrogen-bond donors (Lipinski definition) is 1. The fourth-order valence-corrected chi connectivity index (χ4v) is 6.39. The van der Waals surface area contributed by atoms with E-state index in [0.29, 0.717) is 39.2 Å². The average molecular weight is 470 g/mol. The third kappa shape index (κ3) is 2.34. The van der Waals surface area contributed by atoms with Crippen LogP contribution in [0, 0.1) is 5.41 Å². The zero-order chi connectivity index (χ0) is 22.5. The van der Waals surface area contributed by atoms with Gasteiger partial charge in [-0.1, -0.05) is 44.0 Å². The lowest BCUT2D eigenvalue weighted by molar-refractivity contribution is -0.125. The first-order chi connectivity index (χ1) is 15.2. The second-order valence-corrected chi connectivity index (χ2v) is 10.5. The van der Waals surface area contributed by atoms with E-state index in [2.05, 4.69) is 26.1 Å². The molecule has 1 aliphatic heterocycles. The van der Waals surface area contributed by atoms with E-state index in [1.54, 1.807) is 18.2 Å². The molecule has 1 N–H and O–H groups in total. The number of nitrogens with zero attached hydrogens (tertiary/aromatic N) is 2. The minimum Gasteiger partial charge on any atom is -0.454 e. The fraction of sp³-hybridized carbons (Fsp3) is 0.375. The first-order valence-corrected chi connectivity index (χ1v) is 11.3. The number of carbonyl (C=O) groups is 1. The van der Waals surface area contributed by atoms with Gasteiger partial charge in [-0.05, 0) is 36.5 Å². The number of halogens is 2. The van der Waals surface area contributed by atoms with E-state index >= 15 is 0 Å². The van der Waals surface area contributed by atoms with Crippen LogP contribution in [0.15, 0.2) is 30.3 Å². The molecule has 2 heterocycles. The predicted octanol–water partition coefficient (Wildman–Crippen LogP) is 5.63. The van der Waals surface area contributed by atoms with Gasteiger partial charge in [0, 0.05) is 33.3 Å². The monoisotopic (exact) mass is 469 g/mol. The third-order valence-electron chi connectivity index (χ3n) is 8.04. The van der Waals surface area contributed by atoms with Gasteiger partial charge >= 0.3 is 0 Å². The van der Waals surface area contributed by atoms with Crippen LogP contribution in [0.25, 0.3) is 11.0 Å². The molecular weight excluding hydrogens is 449 g/mol. The molecule has 2 unspecified atom stereocenters. The minimum absolute atomic E-state index is 0.113. The number of fused-ring (bicyclic) bond motifs is 7. The molecule has 6 nitrogen and oxygen atoms in total. The number of aromatic nitrogens is 2. The van der Waals surface area contributed by atoms with Crippen molar-refractivity contribution < 1.29 is 14.3 Å². The minimum atomic E-state index is -0.830. The standard InChI is InChI=1S/C24H21Cl2N3O3/c1-22(2)23(3)4-5-24(22,21(30)27-14-7-12(25)6-13(26)8-14)20-19(23)28-15-9-17-18(32-11-31-17)10-16(15)29-20/h6-10H,4-5,11H2,1-3H3,(H,27,30). The maximum Gasteiger partial charge on any atom is 0.237 e. The van der Waals surface area contributed by atoms with Crippen molar-refractivity contribution in [2.75, 3.05) is 12.1 Å². The van der Waals surface area contributed by atoms with Crippen LogP contribution in [0.1, 0.15) is 45.0 Å². The van der Waals surface area contributed by atoms with E-state index < -0.39 is 10.8 Å². The normalized spacial score (nSPS) is 26.4. The van der Waals surface area contributed by atoms with Crippen molar-refractivity contribution in [2.45, 2.75) is 44.4 Å². The van der Waals surface area contributed by atoms with E-state index in [-0.39, 0.29) is 18.1 Å². The highest BCUT2D eigenvalue weighted by Crippen LogP contribution is 2.70. The molecule has 6 rings (SSSR count). The van der Waals surface area contributed by atoms with Gasteiger partial charge in [0.15, 0.2) is 11.5 Å². The van der Waals surface area contributed by atoms with Crippen LogP contribution in [-0.2, 0) is 15.6 Å². The number of ether oxygens (including phenoxy) is 2. The van der Waals surface area contributed by atoms with Crippen LogP contribution >= 0.6 is 23.2 Å². The van der Waals surface area contributed by atoms with Crippen molar-refractivity contribution in [1.29, 1.82) is 0 Å². The summed E-state index contributed by atoms with van der Waals surface area (Å²) in [5, 5.41) is 4.00. The highest BCUT2D eigenvalue weighted by atomic mass is 35.5. The zero-order valence-corrected chi connectivity index (χ0v) is 19.4. The van der Waals surface area contributed by atoms with Gasteiger partial charge in [0.25, 0.3) is 0 Å². The highest BCUT2D eigenvalue weighted by Gasteiger charge is 2.73. The molecule has 164 valence electrons. The van der Waals surface area contributed by atoms with E-state index in [1.807, 2.05) is 12.1 Å². The Labute approximate surface area is 195 Å². The number of nitrogens with one attached hydrogen (secondary N) is 1. The van der Waals surface area contributed by atoms with Gasteiger partial charge in [-0.3, -0.25) is 4.79 Å². The molecule has 32 heavy (non-hydrogen) atoms. The summed E-state index contributed by atoms with van der Waals surface area (Å²) in [6.07, 6.45) is 1.54. The molecule has 8 heteroatoms. The van der Waals surface area contributed by atoms with E-state index in [1.165, 1.54) is 0 Å². The Morgan fingerprint density at radius 1 is 0.906 bits per heavy atom. The first kappa shape index (κ1) is 20.1. The smallest absolute Gasteiger partial charge is 0.237 e. The Morgan fingerprint density at radius 2 is 1.50 bits per heavy atom. The number of carbonyl (C=O) groups excluding carboxylic acids is 1. The molecule has 2 aliphatic carbocycles. The van der Waals surface area contributed by atoms with Gasteiger partial charge in [-0.2, -0.15) is 0 Å². The topological polar surface area (TPSA) is 73.3 Å². The Hall–Kier alpha value is -2.57. The molecule has 0 saturated heterocycles. The molecule has 1 amide bonds. The van der Waals surface area contributed by atoms with Crippen molar-refractivity contribution in [2.24, 2.45) is 5.41 Å². The zero-order valence-electron chi connectivity index (χ0n) is 17.9. The van der Waals surface area contributed by atoms with Gasteiger partial charge in [-0.25, -0.2) is 9.97 Å². The van der Waals surface area contributed by atoms with Crippen molar-refractivity contribution in [3.63, 3.8) is 0 Å². The Kier molecular flexibility index (Phi) is 3.93. The number of hydrogen-bond acceptors (Lipinski definition) is 5. The number of rotatable bonds is 2. The molecular formula is C24H21Cl2N3O3. The number of amides is 1. The van der Waals surface area contributed by atoms with Gasteiger partial charge in [-0.15, -0.1) is 0 Å². The lowest BCUT2D eigenvalue weighted by Gasteiger charge is -2.39. The van der Waals surface area contributed by atoms with Crippen molar-refractivity contribution in [3.8, 4) is 11.5 Å². The summed E-state index contributed by atoms with van der Waals surface area (Å²) in [4.78, 5) is 24.0. The van der Waals surface area contributed by atoms with Gasteiger partial charge in [0.1, 0.15) is 0 Å². The maximum absolute atomic E-state index is 14.0. The van der Waals surface area contributed by atoms with Crippen LogP contribution in [0.5, 0.6) is 11.5 Å². The Bertz CT molecular complexity index is 1320. The summed E-state index contributed by atoms with van der Waals surface area (Å²) in [7, 11) is 0. The highest BCUT2D eigenvalue weighted by molar-refractivity contribution is 6.35. The van der Waals surface area contributed by atoms with Crippen LogP contribution in [-0.4, -0.2) is 22.7 Å². The van der Waals surface area contributed by atoms with Gasteiger partial charge in [0.05, 0.1) is 27.8 Å². The molecule has 1 aromatic heterocycles. The molecule has 2 bridgehead atoms. The molecule has 0 radical (unpaired) electrons. The molecule has 3 aromatic rings. The van der Waals surface area contributed by atoms with Gasteiger partial charge < -0.3 is 14.8 Å². The molecule has 0 spiro atoms. The van der Waals surface area contributed by atoms with E-state index in [4.69, 9.17) is 42.6 Å². The SMILES string of the molecule is CC12CCC(C(=O)Nc3cc(Cl)cc(Cl)c3)(c3nc4cc5c(cc4nc31)OCO5)C2(C)C. The second-order valence-electron chi connectivity index (χ2n) is 9.59. The van der Waals surface area contributed by atoms with Crippen LogP contribution in [0.2, 0.25) is 10.0 Å². The summed E-state index contributed by atoms with van der Waals surface area (Å²) in [5.74, 6) is 1.20. The van der Waals surface area contributed by atoms with E-state index in [0.717, 1.165) is 23.3 Å². The fourth-order valence-electron chi connectivity index (χ4n) is 5.86. The quantitative estimate of drug-likeness (QED) is 0.525. The summed E-state index contributed by atoms with van der Waals surface area (Å²) < 4.78 is 11.1. The second kappa shape index (κ2) is 6.27.